The molecule has 2 aromatic heterocycles. The SMILES string of the molecule is CCn1nc(C)cc1C(O)Cc1ccsc1. The molecule has 2 rings (SSSR count). The van der Waals surface area contributed by atoms with Crippen molar-refractivity contribution in [2.24, 2.45) is 0 Å². The molecule has 1 N–H and O–H groups in total. The van der Waals surface area contributed by atoms with Crippen molar-refractivity contribution in [3.63, 3.8) is 0 Å². The number of aliphatic hydroxyl groups excluding tert-OH is 1. The van der Waals surface area contributed by atoms with Crippen molar-refractivity contribution in [1.82, 2.24) is 9.78 Å². The van der Waals surface area contributed by atoms with Gasteiger partial charge in [0.2, 0.25) is 0 Å². The van der Waals surface area contributed by atoms with Crippen LogP contribution < -0.4 is 0 Å². The number of nitrogens with zero attached hydrogens (tertiary/aromatic N) is 2. The Kier molecular flexibility index (Phi) is 3.41. The van der Waals surface area contributed by atoms with Gasteiger partial charge >= 0.3 is 0 Å². The van der Waals surface area contributed by atoms with E-state index in [0.29, 0.717) is 6.42 Å². The van der Waals surface area contributed by atoms with Crippen LogP contribution in [0.4, 0.5) is 0 Å². The second kappa shape index (κ2) is 4.80. The van der Waals surface area contributed by atoms with Gasteiger partial charge in [-0.25, -0.2) is 0 Å². The first-order chi connectivity index (χ1) is 7.70. The summed E-state index contributed by atoms with van der Waals surface area (Å²) in [5.74, 6) is 0. The second-order valence-corrected chi connectivity index (χ2v) is 4.66. The average molecular weight is 236 g/mol. The fourth-order valence-corrected chi connectivity index (χ4v) is 2.51. The zero-order valence-electron chi connectivity index (χ0n) is 9.55. The van der Waals surface area contributed by atoms with Crippen LogP contribution in [0.2, 0.25) is 0 Å². The second-order valence-electron chi connectivity index (χ2n) is 3.88. The lowest BCUT2D eigenvalue weighted by molar-refractivity contribution is 0.167. The number of aryl methyl sites for hydroxylation is 2. The first kappa shape index (κ1) is 11.4. The highest BCUT2D eigenvalue weighted by molar-refractivity contribution is 7.07. The van der Waals surface area contributed by atoms with Crippen molar-refractivity contribution >= 4 is 11.3 Å². The quantitative estimate of drug-likeness (QED) is 0.886. The fraction of sp³-hybridized carbons (Fsp3) is 0.417. The molecule has 1 atom stereocenters. The molecular formula is C12H16N2OS. The number of thiophene rings is 1. The molecular weight excluding hydrogens is 220 g/mol. The van der Waals surface area contributed by atoms with Crippen molar-refractivity contribution in [2.75, 3.05) is 0 Å². The van der Waals surface area contributed by atoms with Gasteiger partial charge in [0.25, 0.3) is 0 Å². The molecule has 0 fully saturated rings. The minimum absolute atomic E-state index is 0.462. The van der Waals surface area contributed by atoms with Gasteiger partial charge in [0.1, 0.15) is 0 Å². The van der Waals surface area contributed by atoms with Gasteiger partial charge in [-0.1, -0.05) is 0 Å². The Morgan fingerprint density at radius 3 is 3.00 bits per heavy atom. The maximum Gasteiger partial charge on any atom is 0.0997 e. The average Bonchev–Trinajstić information content (AvgIpc) is 2.86. The van der Waals surface area contributed by atoms with Crippen molar-refractivity contribution < 1.29 is 5.11 Å². The predicted molar refractivity (Wildman–Crippen MR) is 65.6 cm³/mol. The molecule has 3 nitrogen and oxygen atoms in total. The van der Waals surface area contributed by atoms with Gasteiger partial charge in [0.05, 0.1) is 17.5 Å². The molecule has 2 aromatic rings. The Morgan fingerprint density at radius 1 is 1.56 bits per heavy atom. The molecule has 0 saturated carbocycles. The summed E-state index contributed by atoms with van der Waals surface area (Å²) in [6.45, 7) is 4.78. The van der Waals surface area contributed by atoms with E-state index in [0.717, 1.165) is 17.9 Å². The lowest BCUT2D eigenvalue weighted by atomic mass is 10.1. The van der Waals surface area contributed by atoms with Crippen molar-refractivity contribution in [3.05, 3.63) is 39.8 Å². The molecule has 16 heavy (non-hydrogen) atoms. The van der Waals surface area contributed by atoms with Gasteiger partial charge in [0, 0.05) is 13.0 Å². The molecule has 0 aromatic carbocycles. The number of aliphatic hydroxyl groups is 1. The maximum absolute atomic E-state index is 10.2. The molecule has 4 heteroatoms. The first-order valence-electron chi connectivity index (χ1n) is 5.44. The summed E-state index contributed by atoms with van der Waals surface area (Å²) in [5, 5.41) is 18.6. The molecule has 0 spiro atoms. The number of aromatic nitrogens is 2. The first-order valence-corrected chi connectivity index (χ1v) is 6.38. The maximum atomic E-state index is 10.2. The van der Waals surface area contributed by atoms with E-state index in [1.807, 2.05) is 36.0 Å². The Bertz CT molecular complexity index is 448. The number of hydrogen-bond acceptors (Lipinski definition) is 3. The van der Waals surface area contributed by atoms with E-state index in [-0.39, 0.29) is 0 Å². The van der Waals surface area contributed by atoms with Crippen LogP contribution in [0.25, 0.3) is 0 Å². The van der Waals surface area contributed by atoms with Gasteiger partial charge < -0.3 is 5.11 Å². The van der Waals surface area contributed by atoms with Gasteiger partial charge in [-0.05, 0) is 42.3 Å². The Morgan fingerprint density at radius 2 is 2.38 bits per heavy atom. The predicted octanol–water partition coefficient (Wildman–Crippen LogP) is 2.55. The topological polar surface area (TPSA) is 38.0 Å². The number of hydrogen-bond donors (Lipinski definition) is 1. The highest BCUT2D eigenvalue weighted by Gasteiger charge is 2.14. The molecule has 1 unspecified atom stereocenters. The Balaban J connectivity index is 2.16. The highest BCUT2D eigenvalue weighted by atomic mass is 32.1. The third-order valence-corrected chi connectivity index (χ3v) is 3.32. The van der Waals surface area contributed by atoms with E-state index >= 15 is 0 Å². The minimum Gasteiger partial charge on any atom is -0.386 e. The molecule has 0 bridgehead atoms. The van der Waals surface area contributed by atoms with E-state index < -0.39 is 6.10 Å². The van der Waals surface area contributed by atoms with Crippen molar-refractivity contribution in [2.45, 2.75) is 32.9 Å². The van der Waals surface area contributed by atoms with Crippen LogP contribution in [0.1, 0.15) is 30.0 Å². The molecule has 0 saturated heterocycles. The standard InChI is InChI=1S/C12H16N2OS/c1-3-14-11(6-9(2)13-14)12(15)7-10-4-5-16-8-10/h4-6,8,12,15H,3,7H2,1-2H3. The normalized spacial score (nSPS) is 12.9. The van der Waals surface area contributed by atoms with Crippen molar-refractivity contribution in [3.8, 4) is 0 Å². The summed E-state index contributed by atoms with van der Waals surface area (Å²) in [7, 11) is 0. The fourth-order valence-electron chi connectivity index (χ4n) is 1.82. The third-order valence-electron chi connectivity index (χ3n) is 2.58. The van der Waals surface area contributed by atoms with E-state index in [1.54, 1.807) is 11.3 Å². The summed E-state index contributed by atoms with van der Waals surface area (Å²) < 4.78 is 1.87. The summed E-state index contributed by atoms with van der Waals surface area (Å²) in [6.07, 6.45) is 0.199. The lowest BCUT2D eigenvalue weighted by Crippen LogP contribution is -2.09. The molecule has 0 radical (unpaired) electrons. The van der Waals surface area contributed by atoms with Crippen LogP contribution in [0.3, 0.4) is 0 Å². The molecule has 0 aliphatic heterocycles. The summed E-state index contributed by atoms with van der Waals surface area (Å²) in [5.41, 5.74) is 3.05. The van der Waals surface area contributed by atoms with Crippen LogP contribution in [-0.4, -0.2) is 14.9 Å². The molecule has 0 amide bonds. The van der Waals surface area contributed by atoms with Gasteiger partial charge in [0.15, 0.2) is 0 Å². The summed E-state index contributed by atoms with van der Waals surface area (Å²) >= 11 is 1.66. The molecule has 86 valence electrons. The van der Waals surface area contributed by atoms with E-state index in [9.17, 15) is 5.11 Å². The zero-order valence-corrected chi connectivity index (χ0v) is 10.4. The Hall–Kier alpha value is -1.13. The molecule has 0 aliphatic rings. The largest absolute Gasteiger partial charge is 0.386 e. The van der Waals surface area contributed by atoms with Crippen LogP contribution in [0, 0.1) is 6.92 Å². The zero-order chi connectivity index (χ0) is 11.5. The third kappa shape index (κ3) is 2.33. The minimum atomic E-state index is -0.462. The van der Waals surface area contributed by atoms with Gasteiger partial charge in [-0.15, -0.1) is 0 Å². The summed E-state index contributed by atoms with van der Waals surface area (Å²) in [4.78, 5) is 0. The van der Waals surface area contributed by atoms with E-state index in [4.69, 9.17) is 0 Å². The van der Waals surface area contributed by atoms with E-state index in [1.165, 1.54) is 5.56 Å². The molecule has 2 heterocycles. The van der Waals surface area contributed by atoms with Crippen LogP contribution in [-0.2, 0) is 13.0 Å². The lowest BCUT2D eigenvalue weighted by Gasteiger charge is -2.11. The van der Waals surface area contributed by atoms with Crippen LogP contribution in [0.5, 0.6) is 0 Å². The smallest absolute Gasteiger partial charge is 0.0997 e. The highest BCUT2D eigenvalue weighted by Crippen LogP contribution is 2.20. The van der Waals surface area contributed by atoms with Crippen molar-refractivity contribution in [1.29, 1.82) is 0 Å². The van der Waals surface area contributed by atoms with Gasteiger partial charge in [-0.2, -0.15) is 16.4 Å². The summed E-state index contributed by atoms with van der Waals surface area (Å²) in [6, 6.07) is 4.01. The van der Waals surface area contributed by atoms with E-state index in [2.05, 4.69) is 10.5 Å². The van der Waals surface area contributed by atoms with Crippen LogP contribution in [0.15, 0.2) is 22.9 Å². The number of rotatable bonds is 4. The Labute approximate surface area is 99.4 Å². The molecule has 0 aliphatic carbocycles. The van der Waals surface area contributed by atoms with Crippen LogP contribution >= 0.6 is 11.3 Å². The van der Waals surface area contributed by atoms with Gasteiger partial charge in [-0.3, -0.25) is 4.68 Å². The monoisotopic (exact) mass is 236 g/mol.